The maximum Gasteiger partial charge on any atom is 0.307 e. The topological polar surface area (TPSA) is 84.6 Å². The predicted molar refractivity (Wildman–Crippen MR) is 71.6 cm³/mol. The molecule has 2 atom stereocenters. The second-order valence-corrected chi connectivity index (χ2v) is 6.19. The van der Waals surface area contributed by atoms with Crippen LogP contribution in [0.3, 0.4) is 0 Å². The lowest BCUT2D eigenvalue weighted by atomic mass is 10.1. The van der Waals surface area contributed by atoms with Gasteiger partial charge >= 0.3 is 5.97 Å². The monoisotopic (exact) mass is 279 g/mol. The highest BCUT2D eigenvalue weighted by atomic mass is 16.4. The molecule has 20 heavy (non-hydrogen) atoms. The van der Waals surface area contributed by atoms with E-state index in [9.17, 15) is 9.59 Å². The van der Waals surface area contributed by atoms with Gasteiger partial charge in [0, 0.05) is 39.1 Å². The number of aliphatic carboxylic acids is 1. The van der Waals surface area contributed by atoms with Crippen LogP contribution in [0.15, 0.2) is 0 Å². The smallest absolute Gasteiger partial charge is 0.307 e. The van der Waals surface area contributed by atoms with Gasteiger partial charge in [0.05, 0.1) is 17.9 Å². The summed E-state index contributed by atoms with van der Waals surface area (Å²) >= 11 is 0. The standard InChI is InChI=1S/C14H21N3O3/c1-14(2)10(11(14)13(19)20)12(18)17-8-6-16(7-9-17)5-3-4-15/h10-11H,3,5-9H2,1-2H3,(H,19,20)/t10-,11+/m1/s1. The van der Waals surface area contributed by atoms with Gasteiger partial charge in [0.1, 0.15) is 0 Å². The summed E-state index contributed by atoms with van der Waals surface area (Å²) < 4.78 is 0. The lowest BCUT2D eigenvalue weighted by molar-refractivity contribution is -0.142. The van der Waals surface area contributed by atoms with E-state index < -0.39 is 17.3 Å². The molecule has 1 aliphatic carbocycles. The van der Waals surface area contributed by atoms with Gasteiger partial charge in [-0.2, -0.15) is 5.26 Å². The Kier molecular flexibility index (Phi) is 4.00. The summed E-state index contributed by atoms with van der Waals surface area (Å²) in [6.07, 6.45) is 0.505. The maximum absolute atomic E-state index is 12.4. The van der Waals surface area contributed by atoms with E-state index in [4.69, 9.17) is 10.4 Å². The third-order valence-electron chi connectivity index (χ3n) is 4.58. The second-order valence-electron chi connectivity index (χ2n) is 6.19. The fraction of sp³-hybridized carbons (Fsp3) is 0.786. The highest BCUT2D eigenvalue weighted by Gasteiger charge is 2.66. The molecule has 2 aliphatic rings. The first-order chi connectivity index (χ1) is 9.39. The summed E-state index contributed by atoms with van der Waals surface area (Å²) in [7, 11) is 0. The number of rotatable bonds is 4. The van der Waals surface area contributed by atoms with Crippen molar-refractivity contribution in [3.05, 3.63) is 0 Å². The van der Waals surface area contributed by atoms with Crippen LogP contribution < -0.4 is 0 Å². The molecule has 1 saturated carbocycles. The van der Waals surface area contributed by atoms with Gasteiger partial charge in [-0.05, 0) is 5.41 Å². The zero-order valence-electron chi connectivity index (χ0n) is 12.0. The Hall–Kier alpha value is -1.61. The number of piperazine rings is 1. The van der Waals surface area contributed by atoms with Gasteiger partial charge in [0.15, 0.2) is 0 Å². The number of hydrogen-bond acceptors (Lipinski definition) is 4. The number of carboxylic acids is 1. The predicted octanol–water partition coefficient (Wildman–Crippen LogP) is 0.401. The van der Waals surface area contributed by atoms with Crippen molar-refractivity contribution >= 4 is 11.9 Å². The van der Waals surface area contributed by atoms with Crippen molar-refractivity contribution < 1.29 is 14.7 Å². The van der Waals surface area contributed by atoms with Crippen LogP contribution in [0.2, 0.25) is 0 Å². The van der Waals surface area contributed by atoms with Gasteiger partial charge in [0.2, 0.25) is 5.91 Å². The summed E-state index contributed by atoms with van der Waals surface area (Å²) in [5.41, 5.74) is -0.430. The lowest BCUT2D eigenvalue weighted by Gasteiger charge is -2.34. The van der Waals surface area contributed by atoms with E-state index in [1.807, 2.05) is 13.8 Å². The first-order valence-electron chi connectivity index (χ1n) is 7.00. The summed E-state index contributed by atoms with van der Waals surface area (Å²) in [5, 5.41) is 17.7. The summed E-state index contributed by atoms with van der Waals surface area (Å²) in [4.78, 5) is 27.5. The van der Waals surface area contributed by atoms with E-state index in [1.54, 1.807) is 4.90 Å². The van der Waals surface area contributed by atoms with Crippen LogP contribution in [0.4, 0.5) is 0 Å². The Bertz CT molecular complexity index is 447. The van der Waals surface area contributed by atoms with E-state index in [2.05, 4.69) is 11.0 Å². The summed E-state index contributed by atoms with van der Waals surface area (Å²) in [6, 6.07) is 2.12. The summed E-state index contributed by atoms with van der Waals surface area (Å²) in [5.74, 6) is -1.83. The zero-order chi connectivity index (χ0) is 14.9. The molecule has 1 amide bonds. The third kappa shape index (κ3) is 2.63. The van der Waals surface area contributed by atoms with E-state index in [1.165, 1.54) is 0 Å². The molecule has 0 unspecified atom stereocenters. The Balaban J connectivity index is 1.87. The quantitative estimate of drug-likeness (QED) is 0.805. The fourth-order valence-electron chi connectivity index (χ4n) is 3.16. The second kappa shape index (κ2) is 5.41. The molecule has 0 radical (unpaired) electrons. The minimum atomic E-state index is -0.874. The molecule has 110 valence electrons. The number of nitrogens with zero attached hydrogens (tertiary/aromatic N) is 3. The number of nitriles is 1. The lowest BCUT2D eigenvalue weighted by Crippen LogP contribution is -2.49. The fourth-order valence-corrected chi connectivity index (χ4v) is 3.16. The van der Waals surface area contributed by atoms with Crippen LogP contribution in [0.5, 0.6) is 0 Å². The third-order valence-corrected chi connectivity index (χ3v) is 4.58. The molecule has 2 rings (SSSR count). The molecule has 6 nitrogen and oxygen atoms in total. The molecule has 0 aromatic carbocycles. The number of carboxylic acid groups (broad SMARTS) is 1. The van der Waals surface area contributed by atoms with Crippen LogP contribution in [0.25, 0.3) is 0 Å². The Morgan fingerprint density at radius 3 is 2.30 bits per heavy atom. The van der Waals surface area contributed by atoms with Gasteiger partial charge in [0.25, 0.3) is 0 Å². The average Bonchev–Trinajstić information content (AvgIpc) is 2.99. The molecule has 1 N–H and O–H groups in total. The Morgan fingerprint density at radius 1 is 1.25 bits per heavy atom. The van der Waals surface area contributed by atoms with Crippen LogP contribution in [-0.4, -0.2) is 59.5 Å². The molecule has 1 saturated heterocycles. The molecule has 1 aliphatic heterocycles. The SMILES string of the molecule is CC1(C)[C@H](C(=O)O)[C@@H]1C(=O)N1CCN(CCC#N)CC1. The van der Waals surface area contributed by atoms with Crippen molar-refractivity contribution in [3.8, 4) is 6.07 Å². The first-order valence-corrected chi connectivity index (χ1v) is 7.00. The number of hydrogen-bond donors (Lipinski definition) is 1. The van der Waals surface area contributed by atoms with Crippen molar-refractivity contribution in [2.75, 3.05) is 32.7 Å². The Morgan fingerprint density at radius 2 is 1.85 bits per heavy atom. The van der Waals surface area contributed by atoms with Crippen molar-refractivity contribution in [2.45, 2.75) is 20.3 Å². The van der Waals surface area contributed by atoms with Crippen LogP contribution in [0.1, 0.15) is 20.3 Å². The molecule has 0 aromatic heterocycles. The molecule has 0 bridgehead atoms. The summed E-state index contributed by atoms with van der Waals surface area (Å²) in [6.45, 7) is 7.21. The molecule has 0 spiro atoms. The van der Waals surface area contributed by atoms with Gasteiger partial charge in [-0.15, -0.1) is 0 Å². The molecule has 1 heterocycles. The number of amides is 1. The minimum Gasteiger partial charge on any atom is -0.481 e. The molecule has 2 fully saturated rings. The van der Waals surface area contributed by atoms with Gasteiger partial charge in [-0.25, -0.2) is 0 Å². The Labute approximate surface area is 119 Å². The van der Waals surface area contributed by atoms with E-state index in [-0.39, 0.29) is 11.8 Å². The van der Waals surface area contributed by atoms with Gasteiger partial charge < -0.3 is 10.0 Å². The number of carbonyl (C=O) groups is 2. The zero-order valence-corrected chi connectivity index (χ0v) is 12.0. The molecule has 6 heteroatoms. The first kappa shape index (κ1) is 14.8. The van der Waals surface area contributed by atoms with Gasteiger partial charge in [-0.1, -0.05) is 13.8 Å². The van der Waals surface area contributed by atoms with Crippen molar-refractivity contribution in [1.29, 1.82) is 5.26 Å². The van der Waals surface area contributed by atoms with Crippen molar-refractivity contribution in [2.24, 2.45) is 17.3 Å². The normalized spacial score (nSPS) is 28.8. The van der Waals surface area contributed by atoms with Crippen LogP contribution in [-0.2, 0) is 9.59 Å². The van der Waals surface area contributed by atoms with E-state index in [0.29, 0.717) is 19.5 Å². The van der Waals surface area contributed by atoms with E-state index >= 15 is 0 Å². The maximum atomic E-state index is 12.4. The number of carbonyl (C=O) groups excluding carboxylic acids is 1. The van der Waals surface area contributed by atoms with Crippen molar-refractivity contribution in [1.82, 2.24) is 9.80 Å². The highest BCUT2D eigenvalue weighted by Crippen LogP contribution is 2.59. The largest absolute Gasteiger partial charge is 0.481 e. The van der Waals surface area contributed by atoms with Crippen molar-refractivity contribution in [3.63, 3.8) is 0 Å². The molecule has 0 aromatic rings. The highest BCUT2D eigenvalue weighted by molar-refractivity contribution is 5.91. The van der Waals surface area contributed by atoms with Crippen LogP contribution in [0, 0.1) is 28.6 Å². The van der Waals surface area contributed by atoms with Gasteiger partial charge in [-0.3, -0.25) is 14.5 Å². The van der Waals surface area contributed by atoms with E-state index in [0.717, 1.165) is 19.6 Å². The average molecular weight is 279 g/mol. The molecular weight excluding hydrogens is 258 g/mol. The minimum absolute atomic E-state index is 0.0256. The molecular formula is C14H21N3O3. The van der Waals surface area contributed by atoms with Crippen LogP contribution >= 0.6 is 0 Å².